The molecule has 0 aromatic heterocycles. The molecule has 1 aliphatic rings. The van der Waals surface area contributed by atoms with E-state index in [4.69, 9.17) is 0 Å². The van der Waals surface area contributed by atoms with Crippen LogP contribution in [0.3, 0.4) is 0 Å². The van der Waals surface area contributed by atoms with Crippen LogP contribution in [0.25, 0.3) is 44.5 Å². The minimum absolute atomic E-state index is 0.0110. The fraction of sp³-hybridized carbons (Fsp3) is 0.263. The molecule has 0 saturated carbocycles. The van der Waals surface area contributed by atoms with Gasteiger partial charge < -0.3 is 4.90 Å². The van der Waals surface area contributed by atoms with E-state index < -0.39 is 0 Å². The molecular weight excluding hydrogens is 699 g/mol. The molecule has 0 radical (unpaired) electrons. The Morgan fingerprint density at radius 3 is 1.26 bits per heavy atom. The molecule has 0 unspecified atom stereocenters. The summed E-state index contributed by atoms with van der Waals surface area (Å²) in [6, 6.07) is 59.3. The molecule has 7 aromatic rings. The van der Waals surface area contributed by atoms with Crippen LogP contribution in [0.4, 0.5) is 17.1 Å². The lowest BCUT2D eigenvalue weighted by molar-refractivity contribution is 0.569. The molecule has 0 N–H and O–H groups in total. The minimum Gasteiger partial charge on any atom is -0.310 e. The first-order valence-corrected chi connectivity index (χ1v) is 21.0. The van der Waals surface area contributed by atoms with Crippen molar-refractivity contribution < 1.29 is 0 Å². The zero-order valence-electron chi connectivity index (χ0n) is 36.5. The van der Waals surface area contributed by atoms with Crippen LogP contribution >= 0.6 is 0 Å². The maximum atomic E-state index is 2.42. The first-order chi connectivity index (χ1) is 27.4. The van der Waals surface area contributed by atoms with Gasteiger partial charge in [0, 0.05) is 22.5 Å². The van der Waals surface area contributed by atoms with E-state index in [1.165, 1.54) is 72.3 Å². The van der Waals surface area contributed by atoms with Gasteiger partial charge >= 0.3 is 0 Å². The van der Waals surface area contributed by atoms with Crippen LogP contribution in [0.15, 0.2) is 158 Å². The standard InChI is InChI=1S/C57H59N/c1-54(2,3)44-32-41(31-42(33-44)43-34-45(55(4,5)6)36-46(35-43)56(7,8)9)40-23-27-48(28-24-40)58(47-25-21-39(22-26-47)38-17-13-12-14-18-38)49-29-30-51-50-19-15-16-20-52(50)57(10,11)53(51)37-49/h12-37H,1-11H3. The number of anilines is 3. The van der Waals surface area contributed by atoms with Crippen LogP contribution in [-0.4, -0.2) is 0 Å². The number of hydrogen-bond acceptors (Lipinski definition) is 1. The van der Waals surface area contributed by atoms with E-state index in [-0.39, 0.29) is 21.7 Å². The monoisotopic (exact) mass is 757 g/mol. The molecule has 0 amide bonds. The number of hydrogen-bond donors (Lipinski definition) is 0. The Morgan fingerprint density at radius 2 is 0.724 bits per heavy atom. The predicted octanol–water partition coefficient (Wildman–Crippen LogP) is 16.4. The van der Waals surface area contributed by atoms with E-state index in [0.29, 0.717) is 0 Å². The summed E-state index contributed by atoms with van der Waals surface area (Å²) in [6.07, 6.45) is 0. The minimum atomic E-state index is -0.0928. The number of fused-ring (bicyclic) bond motifs is 3. The van der Waals surface area contributed by atoms with Crippen molar-refractivity contribution in [3.8, 4) is 44.5 Å². The van der Waals surface area contributed by atoms with Crippen molar-refractivity contribution >= 4 is 17.1 Å². The smallest absolute Gasteiger partial charge is 0.0465 e. The van der Waals surface area contributed by atoms with Gasteiger partial charge in [0.15, 0.2) is 0 Å². The molecule has 0 spiro atoms. The van der Waals surface area contributed by atoms with Crippen molar-refractivity contribution in [2.24, 2.45) is 0 Å². The maximum absolute atomic E-state index is 2.42. The van der Waals surface area contributed by atoms with E-state index in [1.54, 1.807) is 0 Å². The number of nitrogens with zero attached hydrogens (tertiary/aromatic N) is 1. The first-order valence-electron chi connectivity index (χ1n) is 21.0. The highest BCUT2D eigenvalue weighted by molar-refractivity contribution is 5.86. The Balaban J connectivity index is 1.24. The van der Waals surface area contributed by atoms with Gasteiger partial charge in [-0.05, 0) is 131 Å². The highest BCUT2D eigenvalue weighted by Gasteiger charge is 2.35. The molecule has 0 atom stereocenters. The van der Waals surface area contributed by atoms with Crippen molar-refractivity contribution in [1.29, 1.82) is 0 Å². The van der Waals surface area contributed by atoms with E-state index >= 15 is 0 Å². The highest BCUT2D eigenvalue weighted by Crippen LogP contribution is 2.51. The third-order valence-corrected chi connectivity index (χ3v) is 12.3. The summed E-state index contributed by atoms with van der Waals surface area (Å²) >= 11 is 0. The van der Waals surface area contributed by atoms with Gasteiger partial charge in [0.05, 0.1) is 0 Å². The van der Waals surface area contributed by atoms with Crippen LogP contribution < -0.4 is 4.90 Å². The molecule has 58 heavy (non-hydrogen) atoms. The van der Waals surface area contributed by atoms with Crippen LogP contribution in [0, 0.1) is 0 Å². The highest BCUT2D eigenvalue weighted by atomic mass is 15.1. The quantitative estimate of drug-likeness (QED) is 0.163. The summed E-state index contributed by atoms with van der Waals surface area (Å²) < 4.78 is 0. The summed E-state index contributed by atoms with van der Waals surface area (Å²) in [5, 5.41) is 0. The lowest BCUT2D eigenvalue weighted by Crippen LogP contribution is -2.16. The topological polar surface area (TPSA) is 3.24 Å². The largest absolute Gasteiger partial charge is 0.310 e. The molecule has 1 nitrogen and oxygen atoms in total. The van der Waals surface area contributed by atoms with Crippen molar-refractivity contribution in [3.05, 3.63) is 186 Å². The van der Waals surface area contributed by atoms with Crippen LogP contribution in [0.1, 0.15) is 104 Å². The van der Waals surface area contributed by atoms with Crippen molar-refractivity contribution in [2.45, 2.75) is 97.8 Å². The normalized spacial score (nSPS) is 13.6. The molecule has 0 heterocycles. The second kappa shape index (κ2) is 14.3. The second-order valence-corrected chi connectivity index (χ2v) is 20.0. The fourth-order valence-electron chi connectivity index (χ4n) is 8.57. The van der Waals surface area contributed by atoms with Crippen molar-refractivity contribution in [2.75, 3.05) is 4.90 Å². The Kier molecular flexibility index (Phi) is 9.67. The first kappa shape index (κ1) is 39.2. The molecule has 0 aliphatic heterocycles. The Hall–Kier alpha value is -5.66. The Labute approximate surface area is 348 Å². The average Bonchev–Trinajstić information content (AvgIpc) is 3.43. The molecule has 1 heteroatoms. The van der Waals surface area contributed by atoms with Gasteiger partial charge in [0.2, 0.25) is 0 Å². The predicted molar refractivity (Wildman–Crippen MR) is 251 cm³/mol. The lowest BCUT2D eigenvalue weighted by atomic mass is 9.78. The van der Waals surface area contributed by atoms with Gasteiger partial charge in [-0.15, -0.1) is 0 Å². The molecule has 0 saturated heterocycles. The Bertz CT molecular complexity index is 2570. The molecule has 1 aliphatic carbocycles. The van der Waals surface area contributed by atoms with Gasteiger partial charge in [-0.3, -0.25) is 0 Å². The Morgan fingerprint density at radius 1 is 0.328 bits per heavy atom. The maximum Gasteiger partial charge on any atom is 0.0465 e. The summed E-state index contributed by atoms with van der Waals surface area (Å²) in [7, 11) is 0. The van der Waals surface area contributed by atoms with Crippen LogP contribution in [0.2, 0.25) is 0 Å². The van der Waals surface area contributed by atoms with Crippen LogP contribution in [0.5, 0.6) is 0 Å². The fourth-order valence-corrected chi connectivity index (χ4v) is 8.57. The van der Waals surface area contributed by atoms with Gasteiger partial charge in [0.25, 0.3) is 0 Å². The van der Waals surface area contributed by atoms with Crippen LogP contribution in [-0.2, 0) is 21.7 Å². The van der Waals surface area contributed by atoms with Gasteiger partial charge in [-0.2, -0.15) is 0 Å². The molecular formula is C57H59N. The lowest BCUT2D eigenvalue weighted by Gasteiger charge is -2.28. The van der Waals surface area contributed by atoms with E-state index in [2.05, 4.69) is 239 Å². The zero-order chi connectivity index (χ0) is 41.2. The van der Waals surface area contributed by atoms with Crippen molar-refractivity contribution in [1.82, 2.24) is 0 Å². The number of rotatable bonds is 6. The molecule has 8 rings (SSSR count). The molecule has 0 bridgehead atoms. The third-order valence-electron chi connectivity index (χ3n) is 12.3. The average molecular weight is 758 g/mol. The summed E-state index contributed by atoms with van der Waals surface area (Å²) in [4.78, 5) is 2.42. The van der Waals surface area contributed by atoms with E-state index in [1.807, 2.05) is 0 Å². The zero-order valence-corrected chi connectivity index (χ0v) is 36.5. The van der Waals surface area contributed by atoms with Crippen molar-refractivity contribution in [3.63, 3.8) is 0 Å². The molecule has 7 aromatic carbocycles. The van der Waals surface area contributed by atoms with E-state index in [0.717, 1.165) is 17.1 Å². The second-order valence-electron chi connectivity index (χ2n) is 20.0. The van der Waals surface area contributed by atoms with Gasteiger partial charge in [-0.1, -0.05) is 191 Å². The summed E-state index contributed by atoms with van der Waals surface area (Å²) in [5.41, 5.74) is 20.3. The summed E-state index contributed by atoms with van der Waals surface area (Å²) in [5.74, 6) is 0. The third kappa shape index (κ3) is 7.44. The SMILES string of the molecule is CC(C)(C)c1cc(-c2ccc(N(c3ccc(-c4ccccc4)cc3)c3ccc4c(c3)C(C)(C)c3ccccc3-4)cc2)cc(-c2cc(C(C)(C)C)cc(C(C)(C)C)c2)c1. The van der Waals surface area contributed by atoms with E-state index in [9.17, 15) is 0 Å². The van der Waals surface area contributed by atoms with Gasteiger partial charge in [0.1, 0.15) is 0 Å². The molecule has 292 valence electrons. The van der Waals surface area contributed by atoms with Gasteiger partial charge in [-0.25, -0.2) is 0 Å². The number of benzene rings is 7. The summed E-state index contributed by atoms with van der Waals surface area (Å²) in [6.45, 7) is 25.6. The molecule has 0 fully saturated rings.